The third-order valence-electron chi connectivity index (χ3n) is 4.02. The molecule has 1 aliphatic rings. The molecule has 0 bridgehead atoms. The number of ether oxygens (including phenoxy) is 1. The summed E-state index contributed by atoms with van der Waals surface area (Å²) in [5, 5.41) is 9.67. The Morgan fingerprint density at radius 3 is 2.70 bits per heavy atom. The van der Waals surface area contributed by atoms with Crippen molar-refractivity contribution < 1.29 is 9.53 Å². The molecule has 0 spiro atoms. The third-order valence-corrected chi connectivity index (χ3v) is 4.98. The van der Waals surface area contributed by atoms with E-state index in [1.54, 1.807) is 11.3 Å². The van der Waals surface area contributed by atoms with Gasteiger partial charge in [-0.15, -0.1) is 11.3 Å². The van der Waals surface area contributed by atoms with E-state index in [1.165, 1.54) is 25.7 Å². The minimum atomic E-state index is -0.460. The summed E-state index contributed by atoms with van der Waals surface area (Å²) in [5.41, 5.74) is 0.606. The first-order valence-corrected chi connectivity index (χ1v) is 9.33. The van der Waals surface area contributed by atoms with Gasteiger partial charge in [-0.2, -0.15) is 0 Å². The van der Waals surface area contributed by atoms with E-state index in [-0.39, 0.29) is 12.1 Å². The van der Waals surface area contributed by atoms with Gasteiger partial charge in [-0.05, 0) is 46.5 Å². The van der Waals surface area contributed by atoms with Crippen LogP contribution in [0.1, 0.15) is 57.2 Å². The fourth-order valence-corrected chi connectivity index (χ4v) is 3.70. The molecule has 0 saturated heterocycles. The third kappa shape index (κ3) is 6.47. The second-order valence-corrected chi connectivity index (χ2v) is 8.24. The lowest BCUT2D eigenvalue weighted by Crippen LogP contribution is -2.45. The number of amides is 1. The van der Waals surface area contributed by atoms with Crippen molar-refractivity contribution in [2.75, 3.05) is 6.54 Å². The van der Waals surface area contributed by atoms with Gasteiger partial charge >= 0.3 is 6.09 Å². The molecule has 1 unspecified atom stereocenters. The average Bonchev–Trinajstić information content (AvgIpc) is 3.08. The number of carbonyl (C=O) groups is 1. The summed E-state index contributed by atoms with van der Waals surface area (Å²) < 4.78 is 5.33. The summed E-state index contributed by atoms with van der Waals surface area (Å²) in [4.78, 5) is 16.4. The van der Waals surface area contributed by atoms with Gasteiger partial charge < -0.3 is 15.4 Å². The fourth-order valence-electron chi connectivity index (χ4n) is 2.98. The summed E-state index contributed by atoms with van der Waals surface area (Å²) in [6, 6.07) is 0.272. The van der Waals surface area contributed by atoms with E-state index in [4.69, 9.17) is 4.74 Å². The number of aromatic nitrogens is 1. The fraction of sp³-hybridized carbons (Fsp3) is 0.765. The van der Waals surface area contributed by atoms with Crippen LogP contribution in [-0.4, -0.2) is 29.3 Å². The van der Waals surface area contributed by atoms with Gasteiger partial charge in [0.15, 0.2) is 0 Å². The van der Waals surface area contributed by atoms with E-state index >= 15 is 0 Å². The Labute approximate surface area is 143 Å². The Morgan fingerprint density at radius 1 is 1.43 bits per heavy atom. The molecule has 1 amide bonds. The molecule has 1 fully saturated rings. The van der Waals surface area contributed by atoms with Crippen LogP contribution in [0.15, 0.2) is 5.38 Å². The standard InChI is InChI=1S/C17H29N3O2S/c1-12-11-23-15(20-12)10-18-14(13-7-5-6-8-13)9-19-16(21)22-17(2,3)4/h11,13-14,18H,5-10H2,1-4H3,(H,19,21). The van der Waals surface area contributed by atoms with Crippen LogP contribution in [0, 0.1) is 12.8 Å². The van der Waals surface area contributed by atoms with E-state index in [9.17, 15) is 4.79 Å². The Kier molecular flexibility index (Phi) is 6.41. The second kappa shape index (κ2) is 8.11. The van der Waals surface area contributed by atoms with Crippen molar-refractivity contribution in [2.24, 2.45) is 5.92 Å². The predicted octanol–water partition coefficient (Wildman–Crippen LogP) is 3.62. The Balaban J connectivity index is 1.85. The smallest absolute Gasteiger partial charge is 0.407 e. The zero-order valence-corrected chi connectivity index (χ0v) is 15.5. The number of nitrogens with one attached hydrogen (secondary N) is 2. The van der Waals surface area contributed by atoms with Crippen LogP contribution in [0.2, 0.25) is 0 Å². The monoisotopic (exact) mass is 339 g/mol. The number of hydrogen-bond donors (Lipinski definition) is 2. The van der Waals surface area contributed by atoms with E-state index in [2.05, 4.69) is 21.0 Å². The van der Waals surface area contributed by atoms with Crippen LogP contribution in [0.5, 0.6) is 0 Å². The Morgan fingerprint density at radius 2 is 2.13 bits per heavy atom. The first-order chi connectivity index (χ1) is 10.8. The molecule has 1 aliphatic carbocycles. The highest BCUT2D eigenvalue weighted by molar-refractivity contribution is 7.09. The molecule has 0 aromatic carbocycles. The SMILES string of the molecule is Cc1csc(CNC(CNC(=O)OC(C)(C)C)C2CCCC2)n1. The van der Waals surface area contributed by atoms with Crippen LogP contribution >= 0.6 is 11.3 Å². The minimum absolute atomic E-state index is 0.272. The van der Waals surface area contributed by atoms with Crippen LogP contribution in [0.4, 0.5) is 4.79 Å². The molecule has 1 saturated carbocycles. The summed E-state index contributed by atoms with van der Waals surface area (Å²) >= 11 is 1.68. The van der Waals surface area contributed by atoms with Gasteiger partial charge in [-0.3, -0.25) is 0 Å². The molecular weight excluding hydrogens is 310 g/mol. The van der Waals surface area contributed by atoms with Gasteiger partial charge in [0, 0.05) is 30.2 Å². The van der Waals surface area contributed by atoms with Gasteiger partial charge in [0.25, 0.3) is 0 Å². The minimum Gasteiger partial charge on any atom is -0.444 e. The maximum absolute atomic E-state index is 11.9. The summed E-state index contributed by atoms with van der Waals surface area (Å²) in [5.74, 6) is 0.617. The van der Waals surface area contributed by atoms with Crippen LogP contribution in [0.25, 0.3) is 0 Å². The van der Waals surface area contributed by atoms with Crippen LogP contribution in [-0.2, 0) is 11.3 Å². The first kappa shape index (κ1) is 18.2. The van der Waals surface area contributed by atoms with Crippen molar-refractivity contribution in [2.45, 2.75) is 71.6 Å². The molecule has 0 radical (unpaired) electrons. The van der Waals surface area contributed by atoms with Crippen molar-refractivity contribution >= 4 is 17.4 Å². The topological polar surface area (TPSA) is 63.2 Å². The zero-order chi connectivity index (χ0) is 16.9. The highest BCUT2D eigenvalue weighted by atomic mass is 32.1. The number of hydrogen-bond acceptors (Lipinski definition) is 5. The normalized spacial score (nSPS) is 17.2. The molecule has 1 aromatic rings. The van der Waals surface area contributed by atoms with E-state index in [0.717, 1.165) is 17.2 Å². The largest absolute Gasteiger partial charge is 0.444 e. The number of aryl methyl sites for hydroxylation is 1. The van der Waals surface area contributed by atoms with Crippen LogP contribution < -0.4 is 10.6 Å². The number of thiazole rings is 1. The van der Waals surface area contributed by atoms with Gasteiger partial charge in [0.2, 0.25) is 0 Å². The molecule has 2 N–H and O–H groups in total. The summed E-state index contributed by atoms with van der Waals surface area (Å²) in [7, 11) is 0. The molecule has 1 aromatic heterocycles. The molecule has 130 valence electrons. The number of rotatable bonds is 6. The summed E-state index contributed by atoms with van der Waals surface area (Å²) in [6.07, 6.45) is 4.68. The molecule has 1 atom stereocenters. The van der Waals surface area contributed by atoms with Crippen molar-refractivity contribution in [1.29, 1.82) is 0 Å². The van der Waals surface area contributed by atoms with E-state index in [1.807, 2.05) is 27.7 Å². The van der Waals surface area contributed by atoms with Gasteiger partial charge in [0.1, 0.15) is 10.6 Å². The highest BCUT2D eigenvalue weighted by Crippen LogP contribution is 2.28. The van der Waals surface area contributed by atoms with Crippen LogP contribution in [0.3, 0.4) is 0 Å². The van der Waals surface area contributed by atoms with E-state index in [0.29, 0.717) is 12.5 Å². The van der Waals surface area contributed by atoms with Gasteiger partial charge in [-0.25, -0.2) is 9.78 Å². The average molecular weight is 340 g/mol. The lowest BCUT2D eigenvalue weighted by Gasteiger charge is -2.26. The quantitative estimate of drug-likeness (QED) is 0.831. The van der Waals surface area contributed by atoms with Gasteiger partial charge in [0.05, 0.1) is 0 Å². The number of carbonyl (C=O) groups excluding carboxylic acids is 1. The van der Waals surface area contributed by atoms with Crippen molar-refractivity contribution in [3.05, 3.63) is 16.1 Å². The Hall–Kier alpha value is -1.14. The lowest BCUT2D eigenvalue weighted by molar-refractivity contribution is 0.0518. The maximum Gasteiger partial charge on any atom is 0.407 e. The molecule has 6 heteroatoms. The van der Waals surface area contributed by atoms with Crippen molar-refractivity contribution in [1.82, 2.24) is 15.6 Å². The molecule has 23 heavy (non-hydrogen) atoms. The predicted molar refractivity (Wildman–Crippen MR) is 93.7 cm³/mol. The van der Waals surface area contributed by atoms with Gasteiger partial charge in [-0.1, -0.05) is 12.8 Å². The highest BCUT2D eigenvalue weighted by Gasteiger charge is 2.26. The second-order valence-electron chi connectivity index (χ2n) is 7.30. The molecule has 2 rings (SSSR count). The molecule has 5 nitrogen and oxygen atoms in total. The Bertz CT molecular complexity index is 504. The number of nitrogens with zero attached hydrogens (tertiary/aromatic N) is 1. The maximum atomic E-state index is 11.9. The first-order valence-electron chi connectivity index (χ1n) is 8.45. The van der Waals surface area contributed by atoms with Crippen molar-refractivity contribution in [3.63, 3.8) is 0 Å². The number of alkyl carbamates (subject to hydrolysis) is 1. The van der Waals surface area contributed by atoms with E-state index < -0.39 is 5.60 Å². The lowest BCUT2D eigenvalue weighted by atomic mass is 9.98. The zero-order valence-electron chi connectivity index (χ0n) is 14.6. The van der Waals surface area contributed by atoms with Crippen molar-refractivity contribution in [3.8, 4) is 0 Å². The molecule has 1 heterocycles. The summed E-state index contributed by atoms with van der Waals surface area (Å²) in [6.45, 7) is 9.01. The molecule has 0 aliphatic heterocycles. The molecular formula is C17H29N3O2S.